The number of amides is 10. The molecule has 0 aliphatic carbocycles. The Balaban J connectivity index is 2.67. The molecule has 0 spiro atoms. The summed E-state index contributed by atoms with van der Waals surface area (Å²) in [5.41, 5.74) is 11.2. The van der Waals surface area contributed by atoms with Gasteiger partial charge in [0.25, 0.3) is 0 Å². The minimum absolute atomic E-state index is 0.158. The summed E-state index contributed by atoms with van der Waals surface area (Å²) in [5.74, 6) is -12.6. The lowest BCUT2D eigenvalue weighted by Crippen LogP contribution is -2.62. The quantitative estimate of drug-likeness (QED) is 0.0479. The van der Waals surface area contributed by atoms with Crippen molar-refractivity contribution in [2.45, 2.75) is 178 Å². The molecule has 1 fully saturated rings. The number of primary amides is 2. The van der Waals surface area contributed by atoms with Crippen molar-refractivity contribution in [1.82, 2.24) is 42.5 Å². The average Bonchev–Trinajstić information content (AvgIpc) is 3.32. The fourth-order valence-electron chi connectivity index (χ4n) is 7.84. The average molecular weight is 1050 g/mol. The van der Waals surface area contributed by atoms with Gasteiger partial charge in [0.2, 0.25) is 59.1 Å². The van der Waals surface area contributed by atoms with Crippen LogP contribution in [-0.4, -0.2) is 158 Å². The number of unbranched alkanes of at least 4 members (excludes halogenated alkanes) is 7. The van der Waals surface area contributed by atoms with E-state index < -0.39 is 165 Å². The number of phenolic OH excluding ortho intramolecular Hbond substituents is 1. The number of hydrogen-bond acceptors (Lipinski definition) is 15. The van der Waals surface area contributed by atoms with Crippen molar-refractivity contribution >= 4 is 65.0 Å². The van der Waals surface area contributed by atoms with E-state index in [0.29, 0.717) is 24.3 Å². The Bertz CT molecular complexity index is 2070. The van der Waals surface area contributed by atoms with Crippen molar-refractivity contribution in [3.05, 3.63) is 29.8 Å². The highest BCUT2D eigenvalue weighted by Gasteiger charge is 2.36. The van der Waals surface area contributed by atoms with E-state index in [1.807, 2.05) is 0 Å². The number of carbonyl (C=O) groups is 11. The summed E-state index contributed by atoms with van der Waals surface area (Å²) in [4.78, 5) is 146. The third-order valence-corrected chi connectivity index (χ3v) is 11.9. The summed E-state index contributed by atoms with van der Waals surface area (Å²) in [7, 11) is 0. The highest BCUT2D eigenvalue weighted by Crippen LogP contribution is 2.16. The van der Waals surface area contributed by atoms with Gasteiger partial charge in [-0.3, -0.25) is 52.7 Å². The Hall–Kier alpha value is -6.93. The van der Waals surface area contributed by atoms with Crippen LogP contribution in [0.15, 0.2) is 24.3 Å². The standard InChI is InChI=1S/C48H76N10O16/c1-26(2)12-10-8-6-4-5-7-9-11-13-29-21-39(65)52-33(22-37(49)63)44(70)54-32(20-28-14-16-30(62)17-15-28)43(69)55-34(23-38(50)64)45(71)57-35(24-59)46(72)53-31(18-19-40(66)67)42(68)56-36(25-60)47(73)58-41(27(3)61)48(74)51-29/h14-17,26-27,29,31-36,41,59-62H,4-13,18-25H2,1-3H3,(H2,49,63)(H2,50,64)(H,51,74)(H,52,65)(H,53,72)(H,54,70)(H,55,69)(H,56,68)(H,57,71)(H,58,73)(H,66,67)/t27-,29-,31+,32-,33+,34-,35+,36-,41+/m1/s1. The number of hydrogen-bond donors (Lipinski definition) is 15. The van der Waals surface area contributed by atoms with Crippen LogP contribution < -0.4 is 54.0 Å². The molecule has 17 N–H and O–H groups in total. The van der Waals surface area contributed by atoms with E-state index in [0.717, 1.165) is 51.9 Å². The molecular formula is C48H76N10O16. The summed E-state index contributed by atoms with van der Waals surface area (Å²) in [5, 5.41) is 68.7. The molecule has 26 nitrogen and oxygen atoms in total. The predicted octanol–water partition coefficient (Wildman–Crippen LogP) is -3.25. The van der Waals surface area contributed by atoms with Gasteiger partial charge in [0.1, 0.15) is 48.0 Å². The van der Waals surface area contributed by atoms with Crippen LogP contribution in [0, 0.1) is 5.92 Å². The van der Waals surface area contributed by atoms with E-state index in [4.69, 9.17) is 11.5 Å². The summed E-state index contributed by atoms with van der Waals surface area (Å²) < 4.78 is 0. The van der Waals surface area contributed by atoms with Crippen LogP contribution in [0.4, 0.5) is 0 Å². The number of nitrogens with one attached hydrogen (secondary N) is 8. The van der Waals surface area contributed by atoms with Crippen molar-refractivity contribution in [2.75, 3.05) is 13.2 Å². The van der Waals surface area contributed by atoms with Crippen LogP contribution in [0.2, 0.25) is 0 Å². The molecule has 1 aromatic carbocycles. The minimum Gasteiger partial charge on any atom is -0.508 e. The highest BCUT2D eigenvalue weighted by atomic mass is 16.4. The lowest BCUT2D eigenvalue weighted by molar-refractivity contribution is -0.139. The van der Waals surface area contributed by atoms with Crippen LogP contribution >= 0.6 is 0 Å². The van der Waals surface area contributed by atoms with Crippen molar-refractivity contribution in [3.8, 4) is 5.75 Å². The zero-order valence-corrected chi connectivity index (χ0v) is 42.2. The highest BCUT2D eigenvalue weighted by molar-refractivity contribution is 5.99. The molecule has 0 bridgehead atoms. The second-order valence-electron chi connectivity index (χ2n) is 18.9. The summed E-state index contributed by atoms with van der Waals surface area (Å²) in [6, 6.07) is -8.62. The number of phenols is 1. The number of carboxylic acids is 1. The monoisotopic (exact) mass is 1050 g/mol. The van der Waals surface area contributed by atoms with E-state index in [-0.39, 0.29) is 18.6 Å². The van der Waals surface area contributed by atoms with Gasteiger partial charge in [0.15, 0.2) is 0 Å². The molecule has 1 aliphatic heterocycles. The second kappa shape index (κ2) is 33.0. The Morgan fingerprint density at radius 3 is 1.49 bits per heavy atom. The molecule has 0 unspecified atom stereocenters. The maximum atomic E-state index is 14.1. The Labute approximate surface area is 429 Å². The Morgan fingerprint density at radius 2 is 0.986 bits per heavy atom. The van der Waals surface area contributed by atoms with E-state index in [2.05, 4.69) is 56.4 Å². The lowest BCUT2D eigenvalue weighted by Gasteiger charge is -2.28. The van der Waals surface area contributed by atoms with Gasteiger partial charge in [-0.05, 0) is 43.4 Å². The molecule has 0 radical (unpaired) electrons. The molecule has 0 aromatic heterocycles. The lowest BCUT2D eigenvalue weighted by atomic mass is 10.0. The number of aliphatic carboxylic acids is 1. The molecule has 10 amide bonds. The zero-order valence-electron chi connectivity index (χ0n) is 42.2. The van der Waals surface area contributed by atoms with Crippen molar-refractivity contribution in [2.24, 2.45) is 17.4 Å². The summed E-state index contributed by atoms with van der Waals surface area (Å²) in [6.07, 6.45) is 2.84. The number of carbonyl (C=O) groups excluding carboxylic acids is 10. The van der Waals surface area contributed by atoms with Gasteiger partial charge in [0, 0.05) is 25.3 Å². The third-order valence-electron chi connectivity index (χ3n) is 11.9. The fourth-order valence-corrected chi connectivity index (χ4v) is 7.84. The van der Waals surface area contributed by atoms with Gasteiger partial charge in [0.05, 0.1) is 32.2 Å². The maximum absolute atomic E-state index is 14.1. The number of benzene rings is 1. The smallest absolute Gasteiger partial charge is 0.303 e. The maximum Gasteiger partial charge on any atom is 0.303 e. The molecule has 2 rings (SSSR count). The van der Waals surface area contributed by atoms with Crippen LogP contribution in [0.5, 0.6) is 5.75 Å². The van der Waals surface area contributed by atoms with Gasteiger partial charge in [-0.25, -0.2) is 0 Å². The molecule has 1 saturated heterocycles. The van der Waals surface area contributed by atoms with Gasteiger partial charge in [-0.1, -0.05) is 83.8 Å². The van der Waals surface area contributed by atoms with Gasteiger partial charge < -0.3 is 79.5 Å². The number of aliphatic hydroxyl groups excluding tert-OH is 3. The predicted molar refractivity (Wildman–Crippen MR) is 263 cm³/mol. The summed E-state index contributed by atoms with van der Waals surface area (Å²) >= 11 is 0. The van der Waals surface area contributed by atoms with Crippen LogP contribution in [0.3, 0.4) is 0 Å². The number of aliphatic hydroxyl groups is 3. The fraction of sp³-hybridized carbons (Fsp3) is 0.646. The van der Waals surface area contributed by atoms with E-state index >= 15 is 0 Å². The first-order valence-corrected chi connectivity index (χ1v) is 24.8. The molecule has 74 heavy (non-hydrogen) atoms. The minimum atomic E-state index is -1.98. The van der Waals surface area contributed by atoms with Gasteiger partial charge in [-0.2, -0.15) is 0 Å². The normalized spacial score (nSPS) is 23.8. The number of aromatic hydroxyl groups is 1. The molecule has 9 atom stereocenters. The number of rotatable bonds is 23. The van der Waals surface area contributed by atoms with Crippen molar-refractivity contribution in [1.29, 1.82) is 0 Å². The van der Waals surface area contributed by atoms with Gasteiger partial charge >= 0.3 is 5.97 Å². The molecular weight excluding hydrogens is 973 g/mol. The second-order valence-corrected chi connectivity index (χ2v) is 18.9. The molecule has 0 saturated carbocycles. The van der Waals surface area contributed by atoms with E-state index in [1.165, 1.54) is 24.3 Å². The molecule has 1 heterocycles. The topological polar surface area (TPSA) is 437 Å². The summed E-state index contributed by atoms with van der Waals surface area (Å²) in [6.45, 7) is 3.16. The van der Waals surface area contributed by atoms with Crippen LogP contribution in [-0.2, 0) is 59.2 Å². The van der Waals surface area contributed by atoms with Crippen molar-refractivity contribution in [3.63, 3.8) is 0 Å². The van der Waals surface area contributed by atoms with Crippen molar-refractivity contribution < 1.29 is 78.3 Å². The van der Waals surface area contributed by atoms with E-state index in [9.17, 15) is 78.3 Å². The first-order valence-electron chi connectivity index (χ1n) is 24.8. The first kappa shape index (κ1) is 63.2. The van der Waals surface area contributed by atoms with Crippen LogP contribution in [0.25, 0.3) is 0 Å². The SMILES string of the molecule is CC(C)CCCCCCCCCC[C@@H]1CC(=O)N[C@@H](CC(N)=O)C(=O)N[C@H](Cc2ccc(O)cc2)C(=O)N[C@H](CC(N)=O)C(=O)N[C@@H](CO)C(=O)N[C@@H](CCC(=O)O)C(=O)N[C@H](CO)C(=O)N[C@@H]([C@@H](C)O)C(=O)N1. The van der Waals surface area contributed by atoms with E-state index in [1.54, 1.807) is 0 Å². The Morgan fingerprint density at radius 1 is 0.554 bits per heavy atom. The van der Waals surface area contributed by atoms with Crippen LogP contribution in [0.1, 0.15) is 123 Å². The number of carboxylic acid groups (broad SMARTS) is 1. The Kier molecular flexibility index (Phi) is 28.2. The largest absolute Gasteiger partial charge is 0.508 e. The molecule has 414 valence electrons. The first-order chi connectivity index (χ1) is 34.9. The van der Waals surface area contributed by atoms with Gasteiger partial charge in [-0.15, -0.1) is 0 Å². The molecule has 1 aliphatic rings. The zero-order chi connectivity index (χ0) is 55.5. The third kappa shape index (κ3) is 24.2. The molecule has 26 heteroatoms. The number of nitrogens with two attached hydrogens (primary N) is 2. The molecule has 1 aromatic rings.